The molecule has 0 radical (unpaired) electrons. The molecule has 0 saturated carbocycles. The van der Waals surface area contributed by atoms with Gasteiger partial charge in [0.2, 0.25) is 0 Å². The number of ether oxygens (including phenoxy) is 4. The standard InChI is InChI=1S/C28H29F3O4/c1-2-15-32-24-17-33-26(34-18-24)14-7-20-6-13-25-22(16-20)10-9-21(27(25)29)8-3-19-4-11-23(12-5-19)35-28(30)31/h2,4-6,9-13,16,24,26,28H,1,3,7-8,14-15,17-18H2. The smallest absolute Gasteiger partial charge is 0.387 e. The molecule has 0 N–H and O–H groups in total. The Labute approximate surface area is 203 Å². The molecule has 4 nitrogen and oxygen atoms in total. The van der Waals surface area contributed by atoms with Crippen LogP contribution in [0.1, 0.15) is 23.1 Å². The molecule has 3 aromatic carbocycles. The van der Waals surface area contributed by atoms with Gasteiger partial charge in [0, 0.05) is 11.8 Å². The van der Waals surface area contributed by atoms with Crippen LogP contribution in [0.3, 0.4) is 0 Å². The van der Waals surface area contributed by atoms with Gasteiger partial charge in [-0.05, 0) is 53.5 Å². The highest BCUT2D eigenvalue weighted by molar-refractivity contribution is 5.84. The average Bonchev–Trinajstić information content (AvgIpc) is 2.87. The van der Waals surface area contributed by atoms with Gasteiger partial charge in [-0.2, -0.15) is 8.78 Å². The third-order valence-electron chi connectivity index (χ3n) is 5.98. The lowest BCUT2D eigenvalue weighted by atomic mass is 9.98. The van der Waals surface area contributed by atoms with Crippen molar-refractivity contribution < 1.29 is 32.1 Å². The number of hydrogen-bond donors (Lipinski definition) is 0. The van der Waals surface area contributed by atoms with Crippen LogP contribution in [0.2, 0.25) is 0 Å². The van der Waals surface area contributed by atoms with Crippen LogP contribution in [0, 0.1) is 5.82 Å². The molecule has 0 amide bonds. The van der Waals surface area contributed by atoms with Crippen LogP contribution in [-0.2, 0) is 33.5 Å². The first-order chi connectivity index (χ1) is 17.0. The van der Waals surface area contributed by atoms with Crippen molar-refractivity contribution in [1.82, 2.24) is 0 Å². The second kappa shape index (κ2) is 12.2. The molecule has 1 fully saturated rings. The monoisotopic (exact) mass is 486 g/mol. The normalized spacial score (nSPS) is 18.2. The second-order valence-electron chi connectivity index (χ2n) is 8.50. The molecule has 0 aliphatic carbocycles. The summed E-state index contributed by atoms with van der Waals surface area (Å²) < 4.78 is 61.1. The first kappa shape index (κ1) is 25.2. The van der Waals surface area contributed by atoms with Crippen molar-refractivity contribution in [1.29, 1.82) is 0 Å². The summed E-state index contributed by atoms with van der Waals surface area (Å²) in [7, 11) is 0. The summed E-state index contributed by atoms with van der Waals surface area (Å²) in [4.78, 5) is 0. The Morgan fingerprint density at radius 1 is 0.943 bits per heavy atom. The molecule has 1 aliphatic heterocycles. The summed E-state index contributed by atoms with van der Waals surface area (Å²) >= 11 is 0. The lowest BCUT2D eigenvalue weighted by molar-refractivity contribution is -0.225. The van der Waals surface area contributed by atoms with E-state index in [9.17, 15) is 8.78 Å². The molecule has 0 spiro atoms. The maximum atomic E-state index is 15.2. The van der Waals surface area contributed by atoms with Gasteiger partial charge in [-0.15, -0.1) is 6.58 Å². The molecule has 4 rings (SSSR count). The zero-order chi connectivity index (χ0) is 24.6. The summed E-state index contributed by atoms with van der Waals surface area (Å²) in [6, 6.07) is 15.9. The highest BCUT2D eigenvalue weighted by Gasteiger charge is 2.22. The van der Waals surface area contributed by atoms with Crippen molar-refractivity contribution in [3.05, 3.63) is 89.8 Å². The van der Waals surface area contributed by atoms with Gasteiger partial charge in [-0.1, -0.05) is 48.5 Å². The van der Waals surface area contributed by atoms with E-state index in [0.29, 0.717) is 50.0 Å². The molecule has 35 heavy (non-hydrogen) atoms. The van der Waals surface area contributed by atoms with Crippen molar-refractivity contribution in [3.63, 3.8) is 0 Å². The minimum absolute atomic E-state index is 0.0686. The van der Waals surface area contributed by atoms with Gasteiger partial charge in [-0.25, -0.2) is 4.39 Å². The summed E-state index contributed by atoms with van der Waals surface area (Å²) in [6.07, 6.45) is 3.93. The van der Waals surface area contributed by atoms with Crippen LogP contribution >= 0.6 is 0 Å². The van der Waals surface area contributed by atoms with Gasteiger partial charge in [0.05, 0.1) is 19.8 Å². The predicted octanol–water partition coefficient (Wildman–Crippen LogP) is 6.24. The number of hydrogen-bond acceptors (Lipinski definition) is 4. The van der Waals surface area contributed by atoms with Gasteiger partial charge in [0.25, 0.3) is 0 Å². The van der Waals surface area contributed by atoms with Gasteiger partial charge < -0.3 is 18.9 Å². The molecular weight excluding hydrogens is 457 g/mol. The van der Waals surface area contributed by atoms with Crippen molar-refractivity contribution in [3.8, 4) is 5.75 Å². The first-order valence-electron chi connectivity index (χ1n) is 11.7. The Hall–Kier alpha value is -2.87. The fourth-order valence-corrected chi connectivity index (χ4v) is 4.13. The topological polar surface area (TPSA) is 36.9 Å². The molecule has 1 aliphatic rings. The minimum atomic E-state index is -2.85. The van der Waals surface area contributed by atoms with Gasteiger partial charge in [-0.3, -0.25) is 0 Å². The molecule has 7 heteroatoms. The molecule has 0 unspecified atom stereocenters. The number of rotatable bonds is 11. The average molecular weight is 487 g/mol. The predicted molar refractivity (Wildman–Crippen MR) is 128 cm³/mol. The second-order valence-corrected chi connectivity index (χ2v) is 8.50. The van der Waals surface area contributed by atoms with E-state index in [1.165, 1.54) is 12.1 Å². The van der Waals surface area contributed by atoms with Crippen molar-refractivity contribution in [2.75, 3.05) is 19.8 Å². The zero-order valence-electron chi connectivity index (χ0n) is 19.4. The van der Waals surface area contributed by atoms with Crippen LogP contribution in [0.15, 0.2) is 67.3 Å². The SMILES string of the molecule is C=CCOC1COC(CCc2ccc3c(F)c(CCc4ccc(OC(F)F)cc4)ccc3c2)OC1. The minimum Gasteiger partial charge on any atom is -0.435 e. The number of aryl methyl sites for hydroxylation is 3. The molecule has 3 aromatic rings. The van der Waals surface area contributed by atoms with Crippen molar-refractivity contribution in [2.45, 2.75) is 44.7 Å². The first-order valence-corrected chi connectivity index (χ1v) is 11.7. The Balaban J connectivity index is 1.31. The van der Waals surface area contributed by atoms with E-state index < -0.39 is 6.61 Å². The van der Waals surface area contributed by atoms with Gasteiger partial charge >= 0.3 is 6.61 Å². The molecular formula is C28H29F3O4. The molecule has 186 valence electrons. The summed E-state index contributed by atoms with van der Waals surface area (Å²) in [6.45, 7) is 2.25. The fraction of sp³-hybridized carbons (Fsp3) is 0.357. The number of halogens is 3. The quantitative estimate of drug-likeness (QED) is 0.301. The number of fused-ring (bicyclic) bond motifs is 1. The lowest BCUT2D eigenvalue weighted by Crippen LogP contribution is -2.37. The summed E-state index contributed by atoms with van der Waals surface area (Å²) in [5.74, 6) is -0.115. The molecule has 0 atom stereocenters. The maximum absolute atomic E-state index is 15.2. The highest BCUT2D eigenvalue weighted by atomic mass is 19.3. The third kappa shape index (κ3) is 7.07. The number of alkyl halides is 2. The molecule has 1 saturated heterocycles. The fourth-order valence-electron chi connectivity index (χ4n) is 4.13. The maximum Gasteiger partial charge on any atom is 0.387 e. The molecule has 1 heterocycles. The summed E-state index contributed by atoms with van der Waals surface area (Å²) in [5, 5.41) is 1.43. The molecule has 0 bridgehead atoms. The Morgan fingerprint density at radius 2 is 1.69 bits per heavy atom. The van der Waals surface area contributed by atoms with Crippen LogP contribution in [0.25, 0.3) is 10.8 Å². The molecule has 0 aromatic heterocycles. The third-order valence-corrected chi connectivity index (χ3v) is 5.98. The highest BCUT2D eigenvalue weighted by Crippen LogP contribution is 2.25. The van der Waals surface area contributed by atoms with E-state index in [0.717, 1.165) is 22.9 Å². The van der Waals surface area contributed by atoms with Crippen molar-refractivity contribution in [2.24, 2.45) is 0 Å². The lowest BCUT2D eigenvalue weighted by Gasteiger charge is -2.29. The Bertz CT molecular complexity index is 1110. The van der Waals surface area contributed by atoms with E-state index in [4.69, 9.17) is 14.2 Å². The Morgan fingerprint density at radius 3 is 2.40 bits per heavy atom. The van der Waals surface area contributed by atoms with E-state index >= 15 is 4.39 Å². The summed E-state index contributed by atoms with van der Waals surface area (Å²) in [5.41, 5.74) is 2.63. The van der Waals surface area contributed by atoms with E-state index in [1.807, 2.05) is 30.3 Å². The van der Waals surface area contributed by atoms with E-state index in [-0.39, 0.29) is 24.0 Å². The van der Waals surface area contributed by atoms with E-state index in [1.54, 1.807) is 18.2 Å². The number of benzene rings is 3. The van der Waals surface area contributed by atoms with Gasteiger partial charge in [0.15, 0.2) is 6.29 Å². The van der Waals surface area contributed by atoms with Crippen LogP contribution in [0.5, 0.6) is 5.75 Å². The largest absolute Gasteiger partial charge is 0.435 e. The van der Waals surface area contributed by atoms with Gasteiger partial charge in [0.1, 0.15) is 17.7 Å². The van der Waals surface area contributed by atoms with Crippen LogP contribution in [0.4, 0.5) is 13.2 Å². The van der Waals surface area contributed by atoms with Crippen LogP contribution < -0.4 is 4.74 Å². The Kier molecular flexibility index (Phi) is 8.79. The van der Waals surface area contributed by atoms with Crippen LogP contribution in [-0.4, -0.2) is 38.8 Å². The van der Waals surface area contributed by atoms with E-state index in [2.05, 4.69) is 11.3 Å². The zero-order valence-corrected chi connectivity index (χ0v) is 19.4. The van der Waals surface area contributed by atoms with Crippen molar-refractivity contribution >= 4 is 10.8 Å².